The number of carbonyl (C=O) groups excluding carboxylic acids is 1. The third-order valence-corrected chi connectivity index (χ3v) is 4.31. The molecule has 0 fully saturated rings. The molecule has 0 radical (unpaired) electrons. The van der Waals surface area contributed by atoms with Crippen molar-refractivity contribution >= 4 is 11.6 Å². The quantitative estimate of drug-likeness (QED) is 0.655. The van der Waals surface area contributed by atoms with Gasteiger partial charge in [0.05, 0.1) is 12.1 Å². The Morgan fingerprint density at radius 3 is 2.46 bits per heavy atom. The Bertz CT molecular complexity index is 931. The van der Waals surface area contributed by atoms with Crippen LogP contribution >= 0.6 is 0 Å². The highest BCUT2D eigenvalue weighted by Gasteiger charge is 2.10. The highest BCUT2D eigenvalue weighted by atomic mass is 16.5. The molecule has 3 aromatic carbocycles. The van der Waals surface area contributed by atoms with Crippen molar-refractivity contribution < 1.29 is 9.53 Å². The summed E-state index contributed by atoms with van der Waals surface area (Å²) in [6.45, 7) is 6.14. The van der Waals surface area contributed by atoms with Crippen LogP contribution in [-0.2, 0) is 11.2 Å². The lowest BCUT2D eigenvalue weighted by atomic mass is 10.0. The normalized spacial score (nSPS) is 10.4. The van der Waals surface area contributed by atoms with E-state index in [0.29, 0.717) is 17.9 Å². The van der Waals surface area contributed by atoms with Crippen molar-refractivity contribution in [2.45, 2.75) is 27.2 Å². The molecule has 0 aliphatic carbocycles. The fourth-order valence-corrected chi connectivity index (χ4v) is 2.76. The summed E-state index contributed by atoms with van der Waals surface area (Å²) in [5, 5.41) is 2.96. The zero-order chi connectivity index (χ0) is 18.5. The molecule has 1 amide bonds. The van der Waals surface area contributed by atoms with Gasteiger partial charge in [-0.3, -0.25) is 4.79 Å². The highest BCUT2D eigenvalue weighted by Crippen LogP contribution is 2.29. The average Bonchev–Trinajstić information content (AvgIpc) is 2.60. The molecule has 0 spiro atoms. The Morgan fingerprint density at radius 1 is 0.885 bits per heavy atom. The Labute approximate surface area is 154 Å². The van der Waals surface area contributed by atoms with Gasteiger partial charge < -0.3 is 10.1 Å². The van der Waals surface area contributed by atoms with Crippen LogP contribution in [0.4, 0.5) is 5.69 Å². The number of nitrogens with one attached hydrogen (secondary N) is 1. The van der Waals surface area contributed by atoms with Crippen molar-refractivity contribution in [3.8, 4) is 11.5 Å². The van der Waals surface area contributed by atoms with Gasteiger partial charge in [0.1, 0.15) is 5.75 Å². The summed E-state index contributed by atoms with van der Waals surface area (Å²) in [4.78, 5) is 12.5. The standard InChI is InChI=1S/C23H23NO2/c1-16-7-6-8-20(13-16)26-22-10-5-4-9-21(22)24-23(25)15-19-12-11-17(2)18(3)14-19/h4-14H,15H2,1-3H3,(H,24,25). The van der Waals surface area contributed by atoms with E-state index in [4.69, 9.17) is 4.74 Å². The summed E-state index contributed by atoms with van der Waals surface area (Å²) in [5.41, 5.74) is 5.22. The lowest BCUT2D eigenvalue weighted by Gasteiger charge is -2.13. The fourth-order valence-electron chi connectivity index (χ4n) is 2.76. The predicted octanol–water partition coefficient (Wildman–Crippen LogP) is 5.59. The van der Waals surface area contributed by atoms with Gasteiger partial charge in [0, 0.05) is 0 Å². The lowest BCUT2D eigenvalue weighted by Crippen LogP contribution is -2.15. The Balaban J connectivity index is 1.73. The number of hydrogen-bond acceptors (Lipinski definition) is 2. The van der Waals surface area contributed by atoms with E-state index in [1.165, 1.54) is 11.1 Å². The average molecular weight is 345 g/mol. The predicted molar refractivity (Wildman–Crippen MR) is 106 cm³/mol. The molecule has 0 saturated heterocycles. The van der Waals surface area contributed by atoms with Crippen LogP contribution in [0.2, 0.25) is 0 Å². The number of amides is 1. The minimum atomic E-state index is -0.0615. The van der Waals surface area contributed by atoms with Gasteiger partial charge in [-0.2, -0.15) is 0 Å². The number of hydrogen-bond donors (Lipinski definition) is 1. The number of carbonyl (C=O) groups is 1. The molecule has 0 saturated carbocycles. The van der Waals surface area contributed by atoms with E-state index in [2.05, 4.69) is 25.2 Å². The Morgan fingerprint density at radius 2 is 1.69 bits per heavy atom. The van der Waals surface area contributed by atoms with Crippen molar-refractivity contribution in [3.05, 3.63) is 89.0 Å². The van der Waals surface area contributed by atoms with E-state index < -0.39 is 0 Å². The second-order valence-corrected chi connectivity index (χ2v) is 6.56. The molecule has 0 atom stereocenters. The number of benzene rings is 3. The first-order valence-electron chi connectivity index (χ1n) is 8.71. The minimum Gasteiger partial charge on any atom is -0.455 e. The summed E-state index contributed by atoms with van der Waals surface area (Å²) in [5.74, 6) is 1.32. The molecule has 132 valence electrons. The van der Waals surface area contributed by atoms with Crippen molar-refractivity contribution in [2.75, 3.05) is 5.32 Å². The molecule has 26 heavy (non-hydrogen) atoms. The fraction of sp³-hybridized carbons (Fsp3) is 0.174. The molecule has 0 aliphatic rings. The van der Waals surface area contributed by atoms with E-state index in [9.17, 15) is 4.79 Å². The number of para-hydroxylation sites is 2. The summed E-state index contributed by atoms with van der Waals surface area (Å²) in [7, 11) is 0. The van der Waals surface area contributed by atoms with Crippen LogP contribution in [0, 0.1) is 20.8 Å². The van der Waals surface area contributed by atoms with Crippen LogP contribution in [0.5, 0.6) is 11.5 Å². The van der Waals surface area contributed by atoms with Gasteiger partial charge in [-0.1, -0.05) is 42.5 Å². The van der Waals surface area contributed by atoms with E-state index >= 15 is 0 Å². The molecule has 0 bridgehead atoms. The molecule has 3 aromatic rings. The van der Waals surface area contributed by atoms with Crippen molar-refractivity contribution in [2.24, 2.45) is 0 Å². The second kappa shape index (κ2) is 7.87. The van der Waals surface area contributed by atoms with Crippen LogP contribution < -0.4 is 10.1 Å². The molecular weight excluding hydrogens is 322 g/mol. The van der Waals surface area contributed by atoms with Crippen LogP contribution in [0.1, 0.15) is 22.3 Å². The Kier molecular flexibility index (Phi) is 5.37. The molecule has 3 nitrogen and oxygen atoms in total. The van der Waals surface area contributed by atoms with Crippen molar-refractivity contribution in [1.29, 1.82) is 0 Å². The monoisotopic (exact) mass is 345 g/mol. The van der Waals surface area contributed by atoms with E-state index in [0.717, 1.165) is 16.9 Å². The first-order chi connectivity index (χ1) is 12.5. The minimum absolute atomic E-state index is 0.0615. The van der Waals surface area contributed by atoms with E-state index in [1.807, 2.05) is 67.6 Å². The summed E-state index contributed by atoms with van der Waals surface area (Å²) in [6.07, 6.45) is 0.333. The zero-order valence-corrected chi connectivity index (χ0v) is 15.4. The molecule has 3 rings (SSSR count). The van der Waals surface area contributed by atoms with Crippen molar-refractivity contribution in [3.63, 3.8) is 0 Å². The summed E-state index contributed by atoms with van der Waals surface area (Å²) >= 11 is 0. The Hall–Kier alpha value is -3.07. The van der Waals surface area contributed by atoms with Crippen LogP contribution in [-0.4, -0.2) is 5.91 Å². The largest absolute Gasteiger partial charge is 0.455 e. The maximum Gasteiger partial charge on any atom is 0.228 e. The molecule has 3 heteroatoms. The van der Waals surface area contributed by atoms with Crippen LogP contribution in [0.15, 0.2) is 66.7 Å². The first-order valence-corrected chi connectivity index (χ1v) is 8.71. The van der Waals surface area contributed by atoms with Crippen LogP contribution in [0.3, 0.4) is 0 Å². The SMILES string of the molecule is Cc1cccc(Oc2ccccc2NC(=O)Cc2ccc(C)c(C)c2)c1. The maximum atomic E-state index is 12.5. The molecule has 0 heterocycles. The molecular formula is C23H23NO2. The first kappa shape index (κ1) is 17.7. The van der Waals surface area contributed by atoms with E-state index in [1.54, 1.807) is 0 Å². The van der Waals surface area contributed by atoms with Crippen LogP contribution in [0.25, 0.3) is 0 Å². The second-order valence-electron chi connectivity index (χ2n) is 6.56. The van der Waals surface area contributed by atoms with E-state index in [-0.39, 0.29) is 5.91 Å². The number of ether oxygens (including phenoxy) is 1. The number of anilines is 1. The van der Waals surface area contributed by atoms with Gasteiger partial charge in [-0.15, -0.1) is 0 Å². The smallest absolute Gasteiger partial charge is 0.228 e. The maximum absolute atomic E-state index is 12.5. The van der Waals surface area contributed by atoms with Gasteiger partial charge in [-0.05, 0) is 67.3 Å². The van der Waals surface area contributed by atoms with Gasteiger partial charge in [0.25, 0.3) is 0 Å². The molecule has 0 aliphatic heterocycles. The molecule has 0 aromatic heterocycles. The zero-order valence-electron chi connectivity index (χ0n) is 15.4. The number of aryl methyl sites for hydroxylation is 3. The summed E-state index contributed by atoms with van der Waals surface area (Å²) in [6, 6.07) is 21.4. The summed E-state index contributed by atoms with van der Waals surface area (Å²) < 4.78 is 5.96. The van der Waals surface area contributed by atoms with Gasteiger partial charge in [0.2, 0.25) is 5.91 Å². The third kappa shape index (κ3) is 4.51. The van der Waals surface area contributed by atoms with Gasteiger partial charge in [-0.25, -0.2) is 0 Å². The third-order valence-electron chi connectivity index (χ3n) is 4.31. The van der Waals surface area contributed by atoms with Crippen molar-refractivity contribution in [1.82, 2.24) is 0 Å². The van der Waals surface area contributed by atoms with Gasteiger partial charge >= 0.3 is 0 Å². The molecule has 0 unspecified atom stereocenters. The topological polar surface area (TPSA) is 38.3 Å². The number of rotatable bonds is 5. The molecule has 1 N–H and O–H groups in total. The highest BCUT2D eigenvalue weighted by molar-refractivity contribution is 5.93. The lowest BCUT2D eigenvalue weighted by molar-refractivity contribution is -0.115. The van der Waals surface area contributed by atoms with Gasteiger partial charge in [0.15, 0.2) is 5.75 Å².